The van der Waals surface area contributed by atoms with Gasteiger partial charge < -0.3 is 19.7 Å². The molecule has 1 aromatic carbocycles. The molecule has 36 heavy (non-hydrogen) atoms. The van der Waals surface area contributed by atoms with Crippen LogP contribution in [0.2, 0.25) is 0 Å². The Kier molecular flexibility index (Phi) is 10.2. The molecule has 192 valence electrons. The molecule has 4 rings (SSSR count). The maximum atomic E-state index is 5.54. The largest absolute Gasteiger partial charge is 0.497 e. The van der Waals surface area contributed by atoms with Crippen molar-refractivity contribution >= 4 is 24.1 Å². The van der Waals surface area contributed by atoms with Gasteiger partial charge in [0.05, 0.1) is 30.6 Å². The quantitative estimate of drug-likeness (QED) is 0.575. The second-order valence-electron chi connectivity index (χ2n) is 8.63. The van der Waals surface area contributed by atoms with E-state index in [9.17, 15) is 0 Å². The standard InChI is InChI=1S/C27H33N5O2.C2H6/c1-19(2)29-12-13-32(22-14-23(33-3)17-24(15-22)34-4)21-6-5-7-25-26(16-21)31-27(18-30-25)20-8-10-28-11-9-20;1-2/h6-8,10-11,14-20,29H,5,9,12-13H2,1-4H3;1-2H3. The van der Waals surface area contributed by atoms with Crippen LogP contribution in [0.25, 0.3) is 12.2 Å². The van der Waals surface area contributed by atoms with Crippen molar-refractivity contribution < 1.29 is 9.47 Å². The Balaban J connectivity index is 0.00000176. The minimum atomic E-state index is 0.202. The molecule has 1 atom stereocenters. The molecule has 2 heterocycles. The molecule has 0 saturated carbocycles. The van der Waals surface area contributed by atoms with Gasteiger partial charge in [0.15, 0.2) is 0 Å². The zero-order chi connectivity index (χ0) is 25.9. The van der Waals surface area contributed by atoms with E-state index in [1.54, 1.807) is 14.2 Å². The summed E-state index contributed by atoms with van der Waals surface area (Å²) in [4.78, 5) is 16.2. The summed E-state index contributed by atoms with van der Waals surface area (Å²) in [5.74, 6) is 1.71. The molecule has 0 radical (unpaired) electrons. The third-order valence-electron chi connectivity index (χ3n) is 5.87. The summed E-state index contributed by atoms with van der Waals surface area (Å²) in [7, 11) is 3.35. The summed E-state index contributed by atoms with van der Waals surface area (Å²) in [6.45, 7) is 9.92. The monoisotopic (exact) mass is 489 g/mol. The Morgan fingerprint density at radius 1 is 1.06 bits per heavy atom. The fourth-order valence-corrected chi connectivity index (χ4v) is 4.05. The summed E-state index contributed by atoms with van der Waals surface area (Å²) in [6.07, 6.45) is 15.8. The summed E-state index contributed by atoms with van der Waals surface area (Å²) >= 11 is 0. The number of rotatable bonds is 9. The van der Waals surface area contributed by atoms with Gasteiger partial charge in [0.2, 0.25) is 0 Å². The number of methoxy groups -OCH3 is 2. The molecular weight excluding hydrogens is 450 g/mol. The van der Waals surface area contributed by atoms with Crippen LogP contribution < -0.4 is 30.4 Å². The summed E-state index contributed by atoms with van der Waals surface area (Å²) < 4.78 is 11.1. The predicted octanol–water partition coefficient (Wildman–Crippen LogP) is 3.95. The molecule has 1 unspecified atom stereocenters. The van der Waals surface area contributed by atoms with Gasteiger partial charge in [-0.05, 0) is 18.9 Å². The van der Waals surface area contributed by atoms with E-state index in [2.05, 4.69) is 53.4 Å². The van der Waals surface area contributed by atoms with Crippen molar-refractivity contribution in [3.8, 4) is 11.5 Å². The molecule has 0 amide bonds. The van der Waals surface area contributed by atoms with Crippen molar-refractivity contribution in [2.45, 2.75) is 52.5 Å². The Morgan fingerprint density at radius 2 is 1.81 bits per heavy atom. The van der Waals surface area contributed by atoms with Gasteiger partial charge in [0.25, 0.3) is 0 Å². The second-order valence-corrected chi connectivity index (χ2v) is 8.63. The van der Waals surface area contributed by atoms with Crippen LogP contribution in [0.3, 0.4) is 0 Å². The molecule has 0 bridgehead atoms. The van der Waals surface area contributed by atoms with E-state index in [-0.39, 0.29) is 5.92 Å². The number of nitrogens with one attached hydrogen (secondary N) is 1. The van der Waals surface area contributed by atoms with E-state index in [1.165, 1.54) is 0 Å². The number of benzene rings is 1. The highest BCUT2D eigenvalue weighted by Gasteiger charge is 2.16. The predicted molar refractivity (Wildman–Crippen MR) is 149 cm³/mol. The molecule has 1 aliphatic heterocycles. The van der Waals surface area contributed by atoms with E-state index in [0.29, 0.717) is 6.04 Å². The number of hydrogen-bond donors (Lipinski definition) is 1. The third-order valence-corrected chi connectivity index (χ3v) is 5.87. The Morgan fingerprint density at radius 3 is 2.44 bits per heavy atom. The molecule has 0 fully saturated rings. The van der Waals surface area contributed by atoms with E-state index < -0.39 is 0 Å². The van der Waals surface area contributed by atoms with Gasteiger partial charge in [0, 0.05) is 73.2 Å². The first-order valence-corrected chi connectivity index (χ1v) is 12.7. The lowest BCUT2D eigenvalue weighted by Crippen LogP contribution is -2.36. The van der Waals surface area contributed by atoms with Gasteiger partial charge in [-0.3, -0.25) is 9.98 Å². The first kappa shape index (κ1) is 27.1. The fourth-order valence-electron chi connectivity index (χ4n) is 4.05. The van der Waals surface area contributed by atoms with Crippen molar-refractivity contribution in [3.63, 3.8) is 0 Å². The average Bonchev–Trinajstić information content (AvgIpc) is 3.14. The smallest absolute Gasteiger partial charge is 0.124 e. The minimum absolute atomic E-state index is 0.202. The molecule has 0 saturated heterocycles. The maximum Gasteiger partial charge on any atom is 0.124 e. The lowest BCUT2D eigenvalue weighted by Gasteiger charge is -2.27. The first-order chi connectivity index (χ1) is 17.6. The van der Waals surface area contributed by atoms with Crippen molar-refractivity contribution in [3.05, 3.63) is 64.8 Å². The highest BCUT2D eigenvalue weighted by molar-refractivity contribution is 5.67. The van der Waals surface area contributed by atoms with Crippen LogP contribution in [0.4, 0.5) is 5.69 Å². The van der Waals surface area contributed by atoms with Crippen LogP contribution in [0.1, 0.15) is 52.1 Å². The van der Waals surface area contributed by atoms with Crippen molar-refractivity contribution in [1.29, 1.82) is 0 Å². The van der Waals surface area contributed by atoms with E-state index in [1.807, 2.05) is 50.7 Å². The highest BCUT2D eigenvalue weighted by Crippen LogP contribution is 2.31. The van der Waals surface area contributed by atoms with Crippen molar-refractivity contribution in [1.82, 2.24) is 15.3 Å². The van der Waals surface area contributed by atoms with Gasteiger partial charge >= 0.3 is 0 Å². The van der Waals surface area contributed by atoms with Crippen LogP contribution in [0.15, 0.2) is 53.4 Å². The normalized spacial score (nSPS) is 16.0. The molecule has 0 spiro atoms. The second kappa shape index (κ2) is 13.6. The topological polar surface area (TPSA) is 71.9 Å². The van der Waals surface area contributed by atoms with E-state index in [4.69, 9.17) is 19.4 Å². The van der Waals surface area contributed by atoms with Gasteiger partial charge in [-0.15, -0.1) is 0 Å². The molecule has 2 aromatic rings. The van der Waals surface area contributed by atoms with Crippen LogP contribution >= 0.6 is 0 Å². The summed E-state index contributed by atoms with van der Waals surface area (Å²) in [5, 5.41) is 5.32. The Bertz CT molecular complexity index is 1190. The fraction of sp³-hybridized carbons (Fsp3) is 0.414. The Hall–Kier alpha value is -3.45. The molecule has 1 aromatic heterocycles. The number of aliphatic imine (C=N–C) groups is 1. The highest BCUT2D eigenvalue weighted by atomic mass is 16.5. The molecule has 1 aliphatic carbocycles. The van der Waals surface area contributed by atoms with Crippen molar-refractivity contribution in [2.24, 2.45) is 4.99 Å². The van der Waals surface area contributed by atoms with Crippen LogP contribution in [-0.2, 0) is 0 Å². The van der Waals surface area contributed by atoms with Crippen LogP contribution in [0, 0.1) is 0 Å². The molecular formula is C29H39N5O2. The molecule has 7 heteroatoms. The molecule has 1 N–H and O–H groups in total. The zero-order valence-corrected chi connectivity index (χ0v) is 22.4. The summed E-state index contributed by atoms with van der Waals surface area (Å²) in [5.41, 5.74) is 3.04. The minimum Gasteiger partial charge on any atom is -0.497 e. The zero-order valence-electron chi connectivity index (χ0n) is 22.4. The molecule has 7 nitrogen and oxygen atoms in total. The summed E-state index contributed by atoms with van der Waals surface area (Å²) in [6, 6.07) is 6.37. The number of ether oxygens (including phenoxy) is 2. The lowest BCUT2D eigenvalue weighted by molar-refractivity contribution is 0.394. The first-order valence-electron chi connectivity index (χ1n) is 12.7. The number of hydrogen-bond acceptors (Lipinski definition) is 7. The number of fused-ring (bicyclic) bond motifs is 1. The van der Waals surface area contributed by atoms with Crippen molar-refractivity contribution in [2.75, 3.05) is 32.2 Å². The van der Waals surface area contributed by atoms with E-state index >= 15 is 0 Å². The molecule has 2 aliphatic rings. The van der Waals surface area contributed by atoms with E-state index in [0.717, 1.165) is 65.2 Å². The van der Waals surface area contributed by atoms with Gasteiger partial charge in [-0.1, -0.05) is 45.9 Å². The number of allylic oxidation sites excluding steroid dienone is 3. The van der Waals surface area contributed by atoms with Gasteiger partial charge in [-0.2, -0.15) is 0 Å². The lowest BCUT2D eigenvalue weighted by atomic mass is 10.0. The van der Waals surface area contributed by atoms with Crippen LogP contribution in [0.5, 0.6) is 11.5 Å². The number of nitrogens with zero attached hydrogens (tertiary/aromatic N) is 4. The van der Waals surface area contributed by atoms with Crippen LogP contribution in [-0.4, -0.2) is 49.5 Å². The maximum absolute atomic E-state index is 5.54. The van der Waals surface area contributed by atoms with Gasteiger partial charge in [0.1, 0.15) is 11.5 Å². The SMILES string of the molecule is CC.COc1cc(OC)cc(N(CCNC(C)C)C2=CCC=c3ncc(C4C=CN=CC4)nc3=C2)c1. The number of anilines is 1. The average molecular weight is 490 g/mol. The number of aromatic nitrogens is 2. The Labute approximate surface area is 215 Å². The third kappa shape index (κ3) is 7.04. The van der Waals surface area contributed by atoms with Gasteiger partial charge in [-0.25, -0.2) is 4.98 Å².